The molecule has 0 amide bonds. The second kappa shape index (κ2) is 6.43. The van der Waals surface area contributed by atoms with E-state index in [0.29, 0.717) is 18.7 Å². The average Bonchev–Trinajstić information content (AvgIpc) is 2.83. The molecule has 1 aromatic rings. The third kappa shape index (κ3) is 3.34. The van der Waals surface area contributed by atoms with Gasteiger partial charge in [-0.2, -0.15) is 5.10 Å². The smallest absolute Gasteiger partial charge is 0.191 e. The van der Waals surface area contributed by atoms with Crippen LogP contribution in [-0.2, 0) is 24.3 Å². The molecule has 0 radical (unpaired) electrons. The van der Waals surface area contributed by atoms with Crippen molar-refractivity contribution in [3.8, 4) is 0 Å². The quantitative estimate of drug-likeness (QED) is 0.623. The van der Waals surface area contributed by atoms with E-state index in [1.54, 1.807) is 7.11 Å². The van der Waals surface area contributed by atoms with Gasteiger partial charge in [-0.25, -0.2) is 9.67 Å². The largest absolute Gasteiger partial charge is 0.377 e. The molecule has 1 atom stereocenters. The highest BCUT2D eigenvalue weighted by Gasteiger charge is 2.24. The Morgan fingerprint density at radius 1 is 1.33 bits per heavy atom. The lowest BCUT2D eigenvalue weighted by Gasteiger charge is -2.31. The summed E-state index contributed by atoms with van der Waals surface area (Å²) in [4.78, 5) is 8.82. The number of hydrogen-bond acceptors (Lipinski definition) is 4. The average molecular weight is 292 g/mol. The molecule has 21 heavy (non-hydrogen) atoms. The van der Waals surface area contributed by atoms with E-state index >= 15 is 0 Å². The highest BCUT2D eigenvalue weighted by Crippen LogP contribution is 2.18. The van der Waals surface area contributed by atoms with E-state index in [4.69, 9.17) is 4.74 Å². The highest BCUT2D eigenvalue weighted by molar-refractivity contribution is 5.80. The van der Waals surface area contributed by atoms with Crippen LogP contribution >= 0.6 is 0 Å². The van der Waals surface area contributed by atoms with Crippen molar-refractivity contribution in [2.75, 3.05) is 14.2 Å². The van der Waals surface area contributed by atoms with Crippen molar-refractivity contribution in [3.63, 3.8) is 0 Å². The molecule has 1 fully saturated rings. The molecule has 1 aliphatic carbocycles. The summed E-state index contributed by atoms with van der Waals surface area (Å²) in [6, 6.07) is 0.941. The van der Waals surface area contributed by atoms with E-state index in [-0.39, 0.29) is 0 Å². The normalized spacial score (nSPS) is 22.6. The van der Waals surface area contributed by atoms with Crippen LogP contribution in [0.3, 0.4) is 0 Å². The maximum Gasteiger partial charge on any atom is 0.191 e. The molecule has 0 aromatic carbocycles. The standard InChI is InChI=1S/C14H24N6O/c1-15-14(16-10-4-3-5-10)17-11-6-7-13-18-12(9-21-2)19-20(13)8-11/h10-11H,3-9H2,1-2H3,(H2,15,16,17). The zero-order chi connectivity index (χ0) is 14.7. The molecule has 1 aliphatic heterocycles. The number of aliphatic imine (C=N–C) groups is 1. The Morgan fingerprint density at radius 2 is 2.14 bits per heavy atom. The van der Waals surface area contributed by atoms with Crippen molar-refractivity contribution in [1.82, 2.24) is 25.4 Å². The van der Waals surface area contributed by atoms with Crippen LogP contribution in [-0.4, -0.2) is 47.0 Å². The summed E-state index contributed by atoms with van der Waals surface area (Å²) < 4.78 is 7.09. The van der Waals surface area contributed by atoms with Crippen molar-refractivity contribution in [2.45, 2.75) is 57.3 Å². The molecule has 1 unspecified atom stereocenters. The van der Waals surface area contributed by atoms with E-state index in [1.807, 2.05) is 11.7 Å². The van der Waals surface area contributed by atoms with E-state index in [1.165, 1.54) is 19.3 Å². The Hall–Kier alpha value is -1.63. The number of aryl methyl sites for hydroxylation is 1. The predicted molar refractivity (Wildman–Crippen MR) is 80.1 cm³/mol. The topological polar surface area (TPSA) is 76.4 Å². The van der Waals surface area contributed by atoms with Crippen molar-refractivity contribution < 1.29 is 4.74 Å². The lowest BCUT2D eigenvalue weighted by atomic mass is 9.93. The van der Waals surface area contributed by atoms with Gasteiger partial charge in [0.1, 0.15) is 12.4 Å². The molecule has 1 saturated carbocycles. The molecule has 2 aliphatic rings. The van der Waals surface area contributed by atoms with Crippen LogP contribution in [0.15, 0.2) is 4.99 Å². The lowest BCUT2D eigenvalue weighted by molar-refractivity contribution is 0.177. The van der Waals surface area contributed by atoms with Crippen LogP contribution in [0.1, 0.15) is 37.3 Å². The van der Waals surface area contributed by atoms with Gasteiger partial charge in [0.05, 0.1) is 6.54 Å². The summed E-state index contributed by atoms with van der Waals surface area (Å²) in [6.07, 6.45) is 5.81. The maximum absolute atomic E-state index is 5.09. The van der Waals surface area contributed by atoms with Crippen LogP contribution in [0.5, 0.6) is 0 Å². The van der Waals surface area contributed by atoms with Gasteiger partial charge < -0.3 is 15.4 Å². The fourth-order valence-electron chi connectivity index (χ4n) is 2.78. The van der Waals surface area contributed by atoms with Crippen molar-refractivity contribution in [3.05, 3.63) is 11.6 Å². The maximum atomic E-state index is 5.09. The van der Waals surface area contributed by atoms with E-state index in [2.05, 4.69) is 25.7 Å². The van der Waals surface area contributed by atoms with Gasteiger partial charge in [-0.15, -0.1) is 0 Å². The molecule has 116 valence electrons. The van der Waals surface area contributed by atoms with Gasteiger partial charge in [0.25, 0.3) is 0 Å². The fraction of sp³-hybridized carbons (Fsp3) is 0.786. The number of rotatable bonds is 4. The molecular formula is C14H24N6O. The minimum atomic E-state index is 0.348. The Kier molecular flexibility index (Phi) is 4.38. The summed E-state index contributed by atoms with van der Waals surface area (Å²) in [5, 5.41) is 11.5. The summed E-state index contributed by atoms with van der Waals surface area (Å²) >= 11 is 0. The third-order valence-corrected chi connectivity index (χ3v) is 4.19. The zero-order valence-corrected chi connectivity index (χ0v) is 12.8. The summed E-state index contributed by atoms with van der Waals surface area (Å²) in [5.74, 6) is 2.73. The lowest BCUT2D eigenvalue weighted by Crippen LogP contribution is -2.51. The first-order valence-electron chi connectivity index (χ1n) is 7.70. The monoisotopic (exact) mass is 292 g/mol. The second-order valence-electron chi connectivity index (χ2n) is 5.78. The number of nitrogens with one attached hydrogen (secondary N) is 2. The molecule has 0 saturated heterocycles. The van der Waals surface area contributed by atoms with Gasteiger partial charge in [0.15, 0.2) is 11.8 Å². The molecule has 2 heterocycles. The number of ether oxygens (including phenoxy) is 1. The van der Waals surface area contributed by atoms with Crippen molar-refractivity contribution in [1.29, 1.82) is 0 Å². The minimum Gasteiger partial charge on any atom is -0.377 e. The van der Waals surface area contributed by atoms with Gasteiger partial charge in [0, 0.05) is 32.7 Å². The summed E-state index contributed by atoms with van der Waals surface area (Å²) in [6.45, 7) is 1.31. The molecule has 7 nitrogen and oxygen atoms in total. The van der Waals surface area contributed by atoms with Crippen LogP contribution in [0, 0.1) is 0 Å². The number of guanidine groups is 1. The van der Waals surface area contributed by atoms with Crippen LogP contribution in [0.25, 0.3) is 0 Å². The summed E-state index contributed by atoms with van der Waals surface area (Å²) in [7, 11) is 3.49. The van der Waals surface area contributed by atoms with E-state index in [9.17, 15) is 0 Å². The second-order valence-corrected chi connectivity index (χ2v) is 5.78. The first-order chi connectivity index (χ1) is 10.3. The van der Waals surface area contributed by atoms with Gasteiger partial charge in [-0.05, 0) is 25.7 Å². The Bertz CT molecular complexity index is 508. The van der Waals surface area contributed by atoms with Gasteiger partial charge in [-0.1, -0.05) is 0 Å². The number of aromatic nitrogens is 3. The molecule has 0 bridgehead atoms. The van der Waals surface area contributed by atoms with Crippen molar-refractivity contribution in [2.24, 2.45) is 4.99 Å². The first-order valence-corrected chi connectivity index (χ1v) is 7.70. The van der Waals surface area contributed by atoms with Gasteiger partial charge in [-0.3, -0.25) is 4.99 Å². The highest BCUT2D eigenvalue weighted by atomic mass is 16.5. The van der Waals surface area contributed by atoms with Crippen molar-refractivity contribution >= 4 is 5.96 Å². The number of fused-ring (bicyclic) bond motifs is 1. The molecule has 2 N–H and O–H groups in total. The van der Waals surface area contributed by atoms with E-state index in [0.717, 1.165) is 37.0 Å². The SMILES string of the molecule is CN=C(NC1CCC1)NC1CCc2nc(COC)nn2C1. The number of methoxy groups -OCH3 is 1. The molecule has 0 spiro atoms. The number of hydrogen-bond donors (Lipinski definition) is 2. The van der Waals surface area contributed by atoms with Crippen LogP contribution < -0.4 is 10.6 Å². The molecule has 1 aromatic heterocycles. The zero-order valence-electron chi connectivity index (χ0n) is 12.8. The van der Waals surface area contributed by atoms with Crippen LogP contribution in [0.2, 0.25) is 0 Å². The molecule has 3 rings (SSSR count). The molecular weight excluding hydrogens is 268 g/mol. The minimum absolute atomic E-state index is 0.348. The first kappa shape index (κ1) is 14.3. The Balaban J connectivity index is 1.57. The summed E-state index contributed by atoms with van der Waals surface area (Å²) in [5.41, 5.74) is 0. The predicted octanol–water partition coefficient (Wildman–Crippen LogP) is 0.457. The van der Waals surface area contributed by atoms with Crippen LogP contribution in [0.4, 0.5) is 0 Å². The van der Waals surface area contributed by atoms with E-state index < -0.39 is 0 Å². The number of nitrogens with zero attached hydrogens (tertiary/aromatic N) is 4. The molecule has 7 heteroatoms. The Labute approximate surface area is 125 Å². The van der Waals surface area contributed by atoms with Gasteiger partial charge >= 0.3 is 0 Å². The fourth-order valence-corrected chi connectivity index (χ4v) is 2.78. The van der Waals surface area contributed by atoms with Gasteiger partial charge in [0.2, 0.25) is 0 Å². The Morgan fingerprint density at radius 3 is 2.81 bits per heavy atom. The third-order valence-electron chi connectivity index (χ3n) is 4.19.